The Labute approximate surface area is 107 Å². The molecule has 0 radical (unpaired) electrons. The number of carbonyl (C=O) groups excluding carboxylic acids is 1. The molecule has 0 bridgehead atoms. The first-order valence-electron chi connectivity index (χ1n) is 5.95. The van der Waals surface area contributed by atoms with Crippen LogP contribution in [-0.2, 0) is 19.4 Å². The first kappa shape index (κ1) is 13.2. The quantitative estimate of drug-likeness (QED) is 0.817. The van der Waals surface area contributed by atoms with Crippen LogP contribution < -0.4 is 0 Å². The summed E-state index contributed by atoms with van der Waals surface area (Å²) in [5.74, 6) is -0.344. The molecule has 0 spiro atoms. The summed E-state index contributed by atoms with van der Waals surface area (Å²) in [4.78, 5) is 12.1. The van der Waals surface area contributed by atoms with E-state index in [2.05, 4.69) is 0 Å². The molecule has 1 saturated heterocycles. The predicted octanol–water partition coefficient (Wildman–Crippen LogP) is 1.60. The third-order valence-electron chi connectivity index (χ3n) is 3.15. The van der Waals surface area contributed by atoms with Gasteiger partial charge in [-0.1, -0.05) is 18.2 Å². The second kappa shape index (κ2) is 5.20. The van der Waals surface area contributed by atoms with Gasteiger partial charge in [-0.25, -0.2) is 8.42 Å². The molecule has 1 heterocycles. The molecule has 2 unspecified atom stereocenters. The molecule has 2 atom stereocenters. The van der Waals surface area contributed by atoms with E-state index < -0.39 is 15.1 Å². The van der Waals surface area contributed by atoms with Crippen LogP contribution in [0.25, 0.3) is 0 Å². The van der Waals surface area contributed by atoms with Crippen molar-refractivity contribution >= 4 is 15.6 Å². The monoisotopic (exact) mass is 268 g/mol. The van der Waals surface area contributed by atoms with Gasteiger partial charge in [0.05, 0.1) is 11.0 Å². The number of Topliss-reactive ketones (excluding diaryl/α,β-unsaturated/α-hetero) is 1. The lowest BCUT2D eigenvalue weighted by Crippen LogP contribution is -2.31. The summed E-state index contributed by atoms with van der Waals surface area (Å²) in [7, 11) is -3.59. The first-order valence-corrected chi connectivity index (χ1v) is 7.49. The van der Waals surface area contributed by atoms with Gasteiger partial charge >= 0.3 is 0 Å². The Bertz CT molecular complexity index is 521. The van der Waals surface area contributed by atoms with E-state index in [0.29, 0.717) is 12.8 Å². The highest BCUT2D eigenvalue weighted by molar-refractivity contribution is 7.92. The highest BCUT2D eigenvalue weighted by Crippen LogP contribution is 2.23. The first-order chi connectivity index (χ1) is 8.51. The van der Waals surface area contributed by atoms with E-state index in [-0.39, 0.29) is 23.4 Å². The van der Waals surface area contributed by atoms with E-state index in [0.717, 1.165) is 0 Å². The van der Waals surface area contributed by atoms with Crippen LogP contribution in [0.3, 0.4) is 0 Å². The highest BCUT2D eigenvalue weighted by Gasteiger charge is 2.35. The second-order valence-corrected chi connectivity index (χ2v) is 6.64. The summed E-state index contributed by atoms with van der Waals surface area (Å²) >= 11 is 0. The van der Waals surface area contributed by atoms with Crippen molar-refractivity contribution < 1.29 is 17.9 Å². The number of hydrogen-bond acceptors (Lipinski definition) is 4. The minimum atomic E-state index is -3.59. The van der Waals surface area contributed by atoms with Gasteiger partial charge in [0.2, 0.25) is 0 Å². The standard InChI is InChI=1S/C13H16O4S/c1-10-7-8-13(12(14)9-17-10)18(15,16)11-5-3-2-4-6-11/h2-6,10,13H,7-9H2,1H3. The normalized spacial score (nSPS) is 25.7. The molecule has 0 aromatic heterocycles. The Kier molecular flexibility index (Phi) is 3.82. The highest BCUT2D eigenvalue weighted by atomic mass is 32.2. The minimum absolute atomic E-state index is 0.0649. The zero-order valence-electron chi connectivity index (χ0n) is 10.2. The number of rotatable bonds is 2. The Morgan fingerprint density at radius 1 is 1.17 bits per heavy atom. The minimum Gasteiger partial charge on any atom is -0.371 e. The Morgan fingerprint density at radius 2 is 1.83 bits per heavy atom. The molecule has 0 N–H and O–H groups in total. The van der Waals surface area contributed by atoms with Crippen LogP contribution in [0.2, 0.25) is 0 Å². The molecule has 18 heavy (non-hydrogen) atoms. The van der Waals surface area contributed by atoms with Gasteiger partial charge in [0.15, 0.2) is 15.6 Å². The molecule has 0 aliphatic carbocycles. The molecule has 5 heteroatoms. The van der Waals surface area contributed by atoms with Gasteiger partial charge in [-0.15, -0.1) is 0 Å². The van der Waals surface area contributed by atoms with Crippen LogP contribution >= 0.6 is 0 Å². The van der Waals surface area contributed by atoms with Crippen molar-refractivity contribution in [3.8, 4) is 0 Å². The maximum atomic E-state index is 12.4. The lowest BCUT2D eigenvalue weighted by Gasteiger charge is -2.13. The van der Waals surface area contributed by atoms with Gasteiger partial charge < -0.3 is 4.74 Å². The second-order valence-electron chi connectivity index (χ2n) is 4.51. The average Bonchev–Trinajstić information content (AvgIpc) is 2.53. The van der Waals surface area contributed by atoms with E-state index in [1.165, 1.54) is 12.1 Å². The van der Waals surface area contributed by atoms with Crippen molar-refractivity contribution in [3.63, 3.8) is 0 Å². The van der Waals surface area contributed by atoms with Crippen molar-refractivity contribution in [1.82, 2.24) is 0 Å². The number of hydrogen-bond donors (Lipinski definition) is 0. The number of benzene rings is 1. The van der Waals surface area contributed by atoms with Crippen LogP contribution in [-0.4, -0.2) is 32.2 Å². The van der Waals surface area contributed by atoms with Gasteiger partial charge in [-0.2, -0.15) is 0 Å². The van der Waals surface area contributed by atoms with Crippen LogP contribution in [0.4, 0.5) is 0 Å². The summed E-state index contributed by atoms with van der Waals surface area (Å²) in [5.41, 5.74) is 0. The molecule has 1 aliphatic heterocycles. The fourth-order valence-electron chi connectivity index (χ4n) is 2.05. The van der Waals surface area contributed by atoms with Crippen molar-refractivity contribution in [2.45, 2.75) is 36.0 Å². The lowest BCUT2D eigenvalue weighted by molar-refractivity contribution is -0.123. The van der Waals surface area contributed by atoms with Crippen LogP contribution in [0, 0.1) is 0 Å². The lowest BCUT2D eigenvalue weighted by atomic mass is 10.1. The topological polar surface area (TPSA) is 60.4 Å². The fourth-order valence-corrected chi connectivity index (χ4v) is 3.78. The third kappa shape index (κ3) is 2.62. The van der Waals surface area contributed by atoms with Crippen LogP contribution in [0.15, 0.2) is 35.2 Å². The van der Waals surface area contributed by atoms with E-state index in [9.17, 15) is 13.2 Å². The maximum Gasteiger partial charge on any atom is 0.188 e. The number of carbonyl (C=O) groups is 1. The fraction of sp³-hybridized carbons (Fsp3) is 0.462. The number of sulfone groups is 1. The Hall–Kier alpha value is -1.20. The van der Waals surface area contributed by atoms with E-state index >= 15 is 0 Å². The molecule has 4 nitrogen and oxygen atoms in total. The van der Waals surface area contributed by atoms with Crippen molar-refractivity contribution in [2.75, 3.05) is 6.61 Å². The molecule has 1 fully saturated rings. The molecular formula is C13H16O4S. The molecule has 2 rings (SSSR count). The zero-order valence-corrected chi connectivity index (χ0v) is 11.0. The molecule has 98 valence electrons. The summed E-state index contributed by atoms with van der Waals surface area (Å²) in [5, 5.41) is -0.968. The van der Waals surface area contributed by atoms with Crippen LogP contribution in [0.5, 0.6) is 0 Å². The van der Waals surface area contributed by atoms with Crippen molar-refractivity contribution in [2.24, 2.45) is 0 Å². The van der Waals surface area contributed by atoms with E-state index in [1.807, 2.05) is 6.92 Å². The molecule has 1 aromatic carbocycles. The van der Waals surface area contributed by atoms with Gasteiger partial charge in [0.1, 0.15) is 11.9 Å². The van der Waals surface area contributed by atoms with Gasteiger partial charge in [0.25, 0.3) is 0 Å². The average molecular weight is 268 g/mol. The number of ether oxygens (including phenoxy) is 1. The van der Waals surface area contributed by atoms with Crippen molar-refractivity contribution in [3.05, 3.63) is 30.3 Å². The van der Waals surface area contributed by atoms with Crippen LogP contribution in [0.1, 0.15) is 19.8 Å². The summed E-state index contributed by atoms with van der Waals surface area (Å²) in [6.07, 6.45) is 0.851. The SMILES string of the molecule is CC1CCC(S(=O)(=O)c2ccccc2)C(=O)CO1. The zero-order chi connectivity index (χ0) is 13.2. The molecule has 0 amide bonds. The molecule has 1 aromatic rings. The third-order valence-corrected chi connectivity index (χ3v) is 5.33. The predicted molar refractivity (Wildman–Crippen MR) is 67.1 cm³/mol. The van der Waals surface area contributed by atoms with Gasteiger partial charge in [0, 0.05) is 0 Å². The summed E-state index contributed by atoms with van der Waals surface area (Å²) in [6, 6.07) is 8.12. The van der Waals surface area contributed by atoms with Gasteiger partial charge in [-0.3, -0.25) is 4.79 Å². The largest absolute Gasteiger partial charge is 0.371 e. The maximum absolute atomic E-state index is 12.4. The summed E-state index contributed by atoms with van der Waals surface area (Å²) in [6.45, 7) is 1.74. The summed E-state index contributed by atoms with van der Waals surface area (Å²) < 4.78 is 30.0. The molecule has 1 aliphatic rings. The molecular weight excluding hydrogens is 252 g/mol. The van der Waals surface area contributed by atoms with Gasteiger partial charge in [-0.05, 0) is 31.9 Å². The van der Waals surface area contributed by atoms with Crippen molar-refractivity contribution in [1.29, 1.82) is 0 Å². The van der Waals surface area contributed by atoms with E-state index in [1.54, 1.807) is 18.2 Å². The Balaban J connectivity index is 2.32. The number of ketones is 1. The van der Waals surface area contributed by atoms with E-state index in [4.69, 9.17) is 4.74 Å². The Morgan fingerprint density at radius 3 is 2.50 bits per heavy atom. The smallest absolute Gasteiger partial charge is 0.188 e. The molecule has 0 saturated carbocycles.